The van der Waals surface area contributed by atoms with Crippen molar-refractivity contribution in [1.82, 2.24) is 14.9 Å². The molecule has 0 aromatic carbocycles. The lowest BCUT2D eigenvalue weighted by Crippen LogP contribution is -2.39. The number of ether oxygens (including phenoxy) is 1. The van der Waals surface area contributed by atoms with Crippen molar-refractivity contribution in [2.75, 3.05) is 26.2 Å². The van der Waals surface area contributed by atoms with Crippen LogP contribution in [0.2, 0.25) is 0 Å². The third kappa shape index (κ3) is 2.56. The summed E-state index contributed by atoms with van der Waals surface area (Å²) in [6.07, 6.45) is -0.115. The van der Waals surface area contributed by atoms with E-state index in [1.54, 1.807) is 6.92 Å². The van der Waals surface area contributed by atoms with Crippen LogP contribution in [0.5, 0.6) is 0 Å². The largest absolute Gasteiger partial charge is 0.368 e. The van der Waals surface area contributed by atoms with Gasteiger partial charge in [0.05, 0.1) is 6.61 Å². The second kappa shape index (κ2) is 4.98. The van der Waals surface area contributed by atoms with Crippen LogP contribution in [0.15, 0.2) is 4.79 Å². The fraction of sp³-hybridized carbons (Fsp3) is 0.667. The third-order valence-electron chi connectivity index (χ3n) is 3.32. The number of morpholine rings is 1. The van der Waals surface area contributed by atoms with Crippen molar-refractivity contribution in [3.63, 3.8) is 0 Å². The molecule has 0 saturated carbocycles. The molecular weight excluding hydrogens is 218 g/mol. The van der Waals surface area contributed by atoms with Crippen LogP contribution < -0.4 is 5.56 Å². The first-order valence-corrected chi connectivity index (χ1v) is 6.03. The van der Waals surface area contributed by atoms with E-state index in [0.29, 0.717) is 18.0 Å². The predicted molar refractivity (Wildman–Crippen MR) is 65.1 cm³/mol. The average Bonchev–Trinajstić information content (AvgIpc) is 2.35. The number of nitrogens with zero attached hydrogens (tertiary/aromatic N) is 2. The lowest BCUT2D eigenvalue weighted by atomic mass is 10.2. The van der Waals surface area contributed by atoms with Gasteiger partial charge < -0.3 is 9.72 Å². The minimum Gasteiger partial charge on any atom is -0.368 e. The number of hydrogen-bond acceptors (Lipinski definition) is 4. The topological polar surface area (TPSA) is 58.2 Å². The predicted octanol–water partition coefficient (Wildman–Crippen LogP) is 0.780. The van der Waals surface area contributed by atoms with Gasteiger partial charge in [-0.05, 0) is 20.4 Å². The van der Waals surface area contributed by atoms with Gasteiger partial charge in [0.15, 0.2) is 0 Å². The molecule has 2 rings (SSSR count). The molecule has 1 aliphatic heterocycles. The van der Waals surface area contributed by atoms with Crippen LogP contribution in [0.3, 0.4) is 0 Å². The van der Waals surface area contributed by atoms with E-state index in [2.05, 4.69) is 21.8 Å². The van der Waals surface area contributed by atoms with Gasteiger partial charge in [0, 0.05) is 24.3 Å². The SMILES string of the molecule is CCN1CCOC(c2nc(C)c(C)c(=O)[nH]2)C1. The summed E-state index contributed by atoms with van der Waals surface area (Å²) in [5.41, 5.74) is 1.39. The van der Waals surface area contributed by atoms with Gasteiger partial charge in [-0.3, -0.25) is 9.69 Å². The molecule has 0 amide bonds. The number of rotatable bonds is 2. The first-order chi connectivity index (χ1) is 8.11. The van der Waals surface area contributed by atoms with Gasteiger partial charge in [-0.15, -0.1) is 0 Å². The van der Waals surface area contributed by atoms with Crippen LogP contribution in [0.25, 0.3) is 0 Å². The van der Waals surface area contributed by atoms with E-state index in [1.807, 2.05) is 6.92 Å². The number of aromatic amines is 1. The van der Waals surface area contributed by atoms with Crippen molar-refractivity contribution >= 4 is 0 Å². The highest BCUT2D eigenvalue weighted by molar-refractivity contribution is 5.15. The zero-order valence-corrected chi connectivity index (χ0v) is 10.6. The molecule has 1 atom stereocenters. The van der Waals surface area contributed by atoms with E-state index in [-0.39, 0.29) is 11.7 Å². The van der Waals surface area contributed by atoms with Gasteiger partial charge in [-0.2, -0.15) is 0 Å². The minimum atomic E-state index is -0.115. The highest BCUT2D eigenvalue weighted by Crippen LogP contribution is 2.18. The average molecular weight is 237 g/mol. The molecule has 1 unspecified atom stereocenters. The molecular formula is C12H19N3O2. The molecule has 1 fully saturated rings. The summed E-state index contributed by atoms with van der Waals surface area (Å²) >= 11 is 0. The molecule has 2 heterocycles. The van der Waals surface area contributed by atoms with Crippen molar-refractivity contribution in [3.05, 3.63) is 27.4 Å². The van der Waals surface area contributed by atoms with Crippen LogP contribution >= 0.6 is 0 Å². The standard InChI is InChI=1S/C12H19N3O2/c1-4-15-5-6-17-10(7-15)11-13-9(3)8(2)12(16)14-11/h10H,4-7H2,1-3H3,(H,13,14,16). The van der Waals surface area contributed by atoms with E-state index in [9.17, 15) is 4.79 Å². The smallest absolute Gasteiger partial charge is 0.254 e. The van der Waals surface area contributed by atoms with E-state index in [0.717, 1.165) is 25.3 Å². The zero-order chi connectivity index (χ0) is 12.4. The molecule has 1 aromatic heterocycles. The normalized spacial score (nSPS) is 21.7. The molecule has 5 nitrogen and oxygen atoms in total. The van der Waals surface area contributed by atoms with E-state index < -0.39 is 0 Å². The van der Waals surface area contributed by atoms with Gasteiger partial charge >= 0.3 is 0 Å². The summed E-state index contributed by atoms with van der Waals surface area (Å²) in [4.78, 5) is 21.2. The number of nitrogens with one attached hydrogen (secondary N) is 1. The minimum absolute atomic E-state index is 0.0651. The monoisotopic (exact) mass is 237 g/mol. The highest BCUT2D eigenvalue weighted by Gasteiger charge is 2.23. The van der Waals surface area contributed by atoms with Gasteiger partial charge in [-0.25, -0.2) is 4.98 Å². The van der Waals surface area contributed by atoms with Crippen LogP contribution in [0.4, 0.5) is 0 Å². The summed E-state index contributed by atoms with van der Waals surface area (Å²) in [6, 6.07) is 0. The maximum atomic E-state index is 11.7. The Balaban J connectivity index is 2.25. The van der Waals surface area contributed by atoms with Crippen LogP contribution in [0.1, 0.15) is 30.1 Å². The number of aryl methyl sites for hydroxylation is 1. The molecule has 1 saturated heterocycles. The van der Waals surface area contributed by atoms with Crippen LogP contribution in [-0.4, -0.2) is 41.1 Å². The Morgan fingerprint density at radius 3 is 2.94 bits per heavy atom. The Labute approximate surface area is 101 Å². The lowest BCUT2D eigenvalue weighted by Gasteiger charge is -2.31. The molecule has 1 aromatic rings. The zero-order valence-electron chi connectivity index (χ0n) is 10.6. The van der Waals surface area contributed by atoms with E-state index >= 15 is 0 Å². The second-order valence-corrected chi connectivity index (χ2v) is 4.41. The molecule has 94 valence electrons. The fourth-order valence-corrected chi connectivity index (χ4v) is 1.97. The molecule has 0 aliphatic carbocycles. The molecule has 1 N–H and O–H groups in total. The van der Waals surface area contributed by atoms with Gasteiger partial charge in [0.25, 0.3) is 5.56 Å². The van der Waals surface area contributed by atoms with Crippen LogP contribution in [0, 0.1) is 13.8 Å². The number of H-pyrrole nitrogens is 1. The van der Waals surface area contributed by atoms with E-state index in [4.69, 9.17) is 4.74 Å². The van der Waals surface area contributed by atoms with Gasteiger partial charge in [-0.1, -0.05) is 6.92 Å². The van der Waals surface area contributed by atoms with E-state index in [1.165, 1.54) is 0 Å². The molecule has 1 aliphatic rings. The van der Waals surface area contributed by atoms with Crippen molar-refractivity contribution in [2.24, 2.45) is 0 Å². The Morgan fingerprint density at radius 2 is 2.29 bits per heavy atom. The Hall–Kier alpha value is -1.20. The summed E-state index contributed by atoms with van der Waals surface area (Å²) < 4.78 is 5.67. The molecule has 0 spiro atoms. The Bertz CT molecular complexity index is 456. The summed E-state index contributed by atoms with van der Waals surface area (Å²) in [5.74, 6) is 0.649. The lowest BCUT2D eigenvalue weighted by molar-refractivity contribution is -0.0327. The Morgan fingerprint density at radius 1 is 1.53 bits per heavy atom. The summed E-state index contributed by atoms with van der Waals surface area (Å²) in [7, 11) is 0. The molecule has 17 heavy (non-hydrogen) atoms. The third-order valence-corrected chi connectivity index (χ3v) is 3.32. The fourth-order valence-electron chi connectivity index (χ4n) is 1.97. The summed E-state index contributed by atoms with van der Waals surface area (Å²) in [5, 5.41) is 0. The van der Waals surface area contributed by atoms with Crippen molar-refractivity contribution in [2.45, 2.75) is 26.9 Å². The van der Waals surface area contributed by atoms with Crippen LogP contribution in [-0.2, 0) is 4.74 Å². The molecule has 5 heteroatoms. The van der Waals surface area contributed by atoms with Crippen molar-refractivity contribution in [3.8, 4) is 0 Å². The first-order valence-electron chi connectivity index (χ1n) is 6.03. The number of likely N-dealkylation sites (N-methyl/N-ethyl adjacent to an activating group) is 1. The molecule has 0 radical (unpaired) electrons. The highest BCUT2D eigenvalue weighted by atomic mass is 16.5. The summed E-state index contributed by atoms with van der Waals surface area (Å²) in [6.45, 7) is 9.19. The van der Waals surface area contributed by atoms with Gasteiger partial charge in [0.2, 0.25) is 0 Å². The number of aromatic nitrogens is 2. The maximum Gasteiger partial charge on any atom is 0.254 e. The molecule has 0 bridgehead atoms. The Kier molecular flexibility index (Phi) is 3.59. The second-order valence-electron chi connectivity index (χ2n) is 4.41. The van der Waals surface area contributed by atoms with Crippen molar-refractivity contribution in [1.29, 1.82) is 0 Å². The number of hydrogen-bond donors (Lipinski definition) is 1. The quantitative estimate of drug-likeness (QED) is 0.826. The van der Waals surface area contributed by atoms with Gasteiger partial charge in [0.1, 0.15) is 11.9 Å². The van der Waals surface area contributed by atoms with Crippen molar-refractivity contribution < 1.29 is 4.74 Å². The maximum absolute atomic E-state index is 11.7. The first kappa shape index (κ1) is 12.3.